The SMILES string of the molecule is CCOC(=O)c1ccc(N(CC(=O)N2CCCCC2)C(C)=O)cc1. The van der Waals surface area contributed by atoms with Crippen LogP contribution in [0.3, 0.4) is 0 Å². The molecule has 2 rings (SSSR count). The lowest BCUT2D eigenvalue weighted by Crippen LogP contribution is -2.44. The number of piperidine rings is 1. The van der Waals surface area contributed by atoms with Crippen LogP contribution in [0.25, 0.3) is 0 Å². The van der Waals surface area contributed by atoms with Gasteiger partial charge in [0.05, 0.1) is 12.2 Å². The first-order chi connectivity index (χ1) is 11.5. The molecule has 0 N–H and O–H groups in total. The Kier molecular flexibility index (Phi) is 6.35. The average molecular weight is 332 g/mol. The molecule has 6 nitrogen and oxygen atoms in total. The molecule has 1 saturated heterocycles. The molecule has 130 valence electrons. The molecule has 1 aliphatic rings. The number of carbonyl (C=O) groups is 3. The number of ether oxygens (including phenoxy) is 1. The summed E-state index contributed by atoms with van der Waals surface area (Å²) in [6.07, 6.45) is 3.18. The van der Waals surface area contributed by atoms with Crippen LogP contribution in [0.2, 0.25) is 0 Å². The van der Waals surface area contributed by atoms with Crippen LogP contribution in [0.1, 0.15) is 43.5 Å². The van der Waals surface area contributed by atoms with E-state index in [-0.39, 0.29) is 18.4 Å². The molecule has 1 heterocycles. The Morgan fingerprint density at radius 2 is 1.71 bits per heavy atom. The second kappa shape index (κ2) is 8.47. The molecule has 1 aromatic carbocycles. The van der Waals surface area contributed by atoms with E-state index in [0.29, 0.717) is 17.9 Å². The van der Waals surface area contributed by atoms with Crippen molar-refractivity contribution in [1.29, 1.82) is 0 Å². The highest BCUT2D eigenvalue weighted by atomic mass is 16.5. The van der Waals surface area contributed by atoms with E-state index in [1.54, 1.807) is 31.2 Å². The molecule has 0 spiro atoms. The Morgan fingerprint density at radius 1 is 1.08 bits per heavy atom. The quantitative estimate of drug-likeness (QED) is 0.776. The van der Waals surface area contributed by atoms with E-state index in [1.807, 2.05) is 4.90 Å². The van der Waals surface area contributed by atoms with E-state index in [0.717, 1.165) is 32.4 Å². The Bertz CT molecular complexity index is 592. The van der Waals surface area contributed by atoms with Gasteiger partial charge in [-0.2, -0.15) is 0 Å². The van der Waals surface area contributed by atoms with Crippen LogP contribution in [-0.2, 0) is 14.3 Å². The molecule has 0 atom stereocenters. The lowest BCUT2D eigenvalue weighted by atomic mass is 10.1. The van der Waals surface area contributed by atoms with Gasteiger partial charge in [-0.15, -0.1) is 0 Å². The second-order valence-electron chi connectivity index (χ2n) is 5.81. The Balaban J connectivity index is 2.08. The minimum absolute atomic E-state index is 0.0219. The smallest absolute Gasteiger partial charge is 0.338 e. The van der Waals surface area contributed by atoms with Crippen molar-refractivity contribution in [3.8, 4) is 0 Å². The van der Waals surface area contributed by atoms with E-state index < -0.39 is 5.97 Å². The molecule has 0 unspecified atom stereocenters. The maximum Gasteiger partial charge on any atom is 0.338 e. The largest absolute Gasteiger partial charge is 0.462 e. The van der Waals surface area contributed by atoms with E-state index in [9.17, 15) is 14.4 Å². The number of rotatable bonds is 5. The van der Waals surface area contributed by atoms with Gasteiger partial charge in [-0.3, -0.25) is 9.59 Å². The van der Waals surface area contributed by atoms with Crippen LogP contribution in [0.4, 0.5) is 5.69 Å². The molecule has 0 aromatic heterocycles. The van der Waals surface area contributed by atoms with Gasteiger partial charge in [-0.1, -0.05) is 0 Å². The van der Waals surface area contributed by atoms with Gasteiger partial charge in [0.15, 0.2) is 0 Å². The van der Waals surface area contributed by atoms with Crippen LogP contribution < -0.4 is 4.90 Å². The van der Waals surface area contributed by atoms with Gasteiger partial charge in [-0.25, -0.2) is 4.79 Å². The average Bonchev–Trinajstić information content (AvgIpc) is 2.60. The molecule has 24 heavy (non-hydrogen) atoms. The summed E-state index contributed by atoms with van der Waals surface area (Å²) in [5, 5.41) is 0. The fraction of sp³-hybridized carbons (Fsp3) is 0.500. The molecule has 1 aromatic rings. The standard InChI is InChI=1S/C18H24N2O4/c1-3-24-18(23)15-7-9-16(10-8-15)20(14(2)21)13-17(22)19-11-5-4-6-12-19/h7-10H,3-6,11-13H2,1-2H3. The van der Waals surface area contributed by atoms with E-state index in [4.69, 9.17) is 4.74 Å². The highest BCUT2D eigenvalue weighted by molar-refractivity contribution is 5.98. The third-order valence-corrected chi connectivity index (χ3v) is 4.07. The Labute approximate surface area is 142 Å². The van der Waals surface area contributed by atoms with Crippen molar-refractivity contribution in [2.24, 2.45) is 0 Å². The summed E-state index contributed by atoms with van der Waals surface area (Å²) >= 11 is 0. The van der Waals surface area contributed by atoms with E-state index in [2.05, 4.69) is 0 Å². The van der Waals surface area contributed by atoms with Crippen molar-refractivity contribution in [3.05, 3.63) is 29.8 Å². The number of likely N-dealkylation sites (tertiary alicyclic amines) is 1. The Hall–Kier alpha value is -2.37. The fourth-order valence-electron chi connectivity index (χ4n) is 2.75. The molecular formula is C18H24N2O4. The monoisotopic (exact) mass is 332 g/mol. The van der Waals surface area contributed by atoms with Gasteiger partial charge in [0.2, 0.25) is 11.8 Å². The summed E-state index contributed by atoms with van der Waals surface area (Å²) in [5.74, 6) is -0.647. The highest BCUT2D eigenvalue weighted by Gasteiger charge is 2.22. The Morgan fingerprint density at radius 3 is 2.25 bits per heavy atom. The molecule has 2 amide bonds. The number of esters is 1. The molecule has 1 fully saturated rings. The number of hydrogen-bond acceptors (Lipinski definition) is 4. The van der Waals surface area contributed by atoms with Crippen LogP contribution in [-0.4, -0.2) is 48.9 Å². The van der Waals surface area contributed by atoms with Gasteiger partial charge >= 0.3 is 5.97 Å². The third kappa shape index (κ3) is 4.57. The number of nitrogens with zero attached hydrogens (tertiary/aromatic N) is 2. The molecule has 0 bridgehead atoms. The highest BCUT2D eigenvalue weighted by Crippen LogP contribution is 2.17. The van der Waals surface area contributed by atoms with E-state index in [1.165, 1.54) is 11.8 Å². The summed E-state index contributed by atoms with van der Waals surface area (Å²) in [6, 6.07) is 6.54. The van der Waals surface area contributed by atoms with Crippen molar-refractivity contribution < 1.29 is 19.1 Å². The van der Waals surface area contributed by atoms with Crippen LogP contribution >= 0.6 is 0 Å². The summed E-state index contributed by atoms with van der Waals surface area (Å²) in [5.41, 5.74) is 1.02. The topological polar surface area (TPSA) is 66.9 Å². The summed E-state index contributed by atoms with van der Waals surface area (Å²) in [6.45, 7) is 5.02. The normalized spacial score (nSPS) is 14.2. The first-order valence-corrected chi connectivity index (χ1v) is 8.36. The minimum Gasteiger partial charge on any atom is -0.462 e. The predicted molar refractivity (Wildman–Crippen MR) is 90.9 cm³/mol. The zero-order valence-electron chi connectivity index (χ0n) is 14.3. The van der Waals surface area contributed by atoms with Crippen LogP contribution in [0, 0.1) is 0 Å². The zero-order valence-corrected chi connectivity index (χ0v) is 14.3. The molecular weight excluding hydrogens is 308 g/mol. The van der Waals surface area contributed by atoms with Crippen LogP contribution in [0.5, 0.6) is 0 Å². The number of carbonyl (C=O) groups excluding carboxylic acids is 3. The van der Waals surface area contributed by atoms with Crippen molar-refractivity contribution in [2.45, 2.75) is 33.1 Å². The fourth-order valence-corrected chi connectivity index (χ4v) is 2.75. The molecule has 0 radical (unpaired) electrons. The zero-order chi connectivity index (χ0) is 17.5. The van der Waals surface area contributed by atoms with Crippen molar-refractivity contribution in [1.82, 2.24) is 4.90 Å². The lowest BCUT2D eigenvalue weighted by Gasteiger charge is -2.29. The maximum atomic E-state index is 12.4. The minimum atomic E-state index is -0.400. The summed E-state index contributed by atoms with van der Waals surface area (Å²) < 4.78 is 4.94. The van der Waals surface area contributed by atoms with Gasteiger partial charge in [0, 0.05) is 25.7 Å². The maximum absolute atomic E-state index is 12.4. The van der Waals surface area contributed by atoms with Crippen molar-refractivity contribution in [3.63, 3.8) is 0 Å². The first-order valence-electron chi connectivity index (χ1n) is 8.36. The number of amides is 2. The van der Waals surface area contributed by atoms with Gasteiger partial charge in [0.25, 0.3) is 0 Å². The van der Waals surface area contributed by atoms with Gasteiger partial charge < -0.3 is 14.5 Å². The summed E-state index contributed by atoms with van der Waals surface area (Å²) in [7, 11) is 0. The third-order valence-electron chi connectivity index (χ3n) is 4.07. The summed E-state index contributed by atoms with van der Waals surface area (Å²) in [4.78, 5) is 39.3. The first kappa shape index (κ1) is 18.0. The van der Waals surface area contributed by atoms with Gasteiger partial charge in [0.1, 0.15) is 6.54 Å². The molecule has 0 aliphatic carbocycles. The van der Waals surface area contributed by atoms with Crippen LogP contribution in [0.15, 0.2) is 24.3 Å². The number of anilines is 1. The molecule has 0 saturated carbocycles. The van der Waals surface area contributed by atoms with E-state index >= 15 is 0 Å². The van der Waals surface area contributed by atoms with Crippen molar-refractivity contribution in [2.75, 3.05) is 31.1 Å². The molecule has 1 aliphatic heterocycles. The van der Waals surface area contributed by atoms with Gasteiger partial charge in [-0.05, 0) is 50.5 Å². The number of hydrogen-bond donors (Lipinski definition) is 0. The van der Waals surface area contributed by atoms with Crippen molar-refractivity contribution >= 4 is 23.5 Å². The second-order valence-corrected chi connectivity index (χ2v) is 5.81. The lowest BCUT2D eigenvalue weighted by molar-refractivity contribution is -0.132. The predicted octanol–water partition coefficient (Wildman–Crippen LogP) is 2.23. The molecule has 6 heteroatoms. The number of benzene rings is 1.